The average molecular weight is 1220 g/mol. The van der Waals surface area contributed by atoms with Gasteiger partial charge in [-0.05, 0) is 41.5 Å². The molecule has 6 aliphatic heterocycles. The lowest BCUT2D eigenvalue weighted by Crippen LogP contribution is -2.38. The lowest BCUT2D eigenvalue weighted by molar-refractivity contribution is -0.0644. The molecule has 0 spiro atoms. The highest BCUT2D eigenvalue weighted by Gasteiger charge is 2.47. The molecule has 24 nitrogen and oxygen atoms in total. The van der Waals surface area contributed by atoms with Crippen molar-refractivity contribution >= 4 is 0 Å². The summed E-state index contributed by atoms with van der Waals surface area (Å²) in [6.45, 7) is 20.5. The van der Waals surface area contributed by atoms with E-state index >= 15 is 0 Å². The molecule has 6 rings (SSSR count). The summed E-state index contributed by atoms with van der Waals surface area (Å²) in [5.41, 5.74) is 5.40. The fraction of sp³-hybridized carbons (Fsp3) is 0.965. The van der Waals surface area contributed by atoms with Gasteiger partial charge in [0.25, 0.3) is 0 Å². The van der Waals surface area contributed by atoms with Gasteiger partial charge in [0, 0.05) is 106 Å². The third-order valence-corrected chi connectivity index (χ3v) is 14.5. The van der Waals surface area contributed by atoms with E-state index in [2.05, 4.69) is 6.58 Å². The van der Waals surface area contributed by atoms with E-state index in [4.69, 9.17) is 115 Å². The van der Waals surface area contributed by atoms with Crippen LogP contribution >= 0.6 is 0 Å². The highest BCUT2D eigenvalue weighted by Crippen LogP contribution is 2.31. The summed E-state index contributed by atoms with van der Waals surface area (Å²) in [6, 6.07) is 0. The molecular weight excluding hydrogens is 1100 g/mol. The maximum atomic E-state index is 13.2. The molecule has 6 unspecified atom stereocenters. The number of methoxy groups -OCH3 is 14. The second kappa shape index (κ2) is 45.8. The van der Waals surface area contributed by atoms with Crippen LogP contribution in [0.3, 0.4) is 0 Å². The molecule has 0 bridgehead atoms. The van der Waals surface area contributed by atoms with Crippen LogP contribution in [0.15, 0.2) is 12.7 Å². The Morgan fingerprint density at radius 3 is 0.843 bits per heavy atom. The molecule has 0 aromatic heterocycles. The summed E-state index contributed by atoms with van der Waals surface area (Å²) in [5, 5.41) is 0. The molecule has 6 aliphatic rings. The first kappa shape index (κ1) is 79.7. The third kappa shape index (κ3) is 25.6. The van der Waals surface area contributed by atoms with Crippen molar-refractivity contribution in [2.75, 3.05) is 172 Å². The van der Waals surface area contributed by atoms with Gasteiger partial charge in [-0.1, -0.05) is 6.08 Å². The number of ether oxygens (including phenoxy) is 23. The fourth-order valence-electron chi connectivity index (χ4n) is 10.6. The molecule has 0 aliphatic carbocycles. The van der Waals surface area contributed by atoms with Crippen LogP contribution in [-0.4, -0.2) is 319 Å². The average Bonchev–Trinajstić information content (AvgIpc) is 4.33. The first-order valence-electron chi connectivity index (χ1n) is 28.4. The number of hydrogen-bond donors (Lipinski definition) is 1. The molecule has 0 radical (unpaired) electrons. The van der Waals surface area contributed by atoms with Crippen LogP contribution in [0, 0.1) is 0 Å². The van der Waals surface area contributed by atoms with E-state index in [1.165, 1.54) is 14.2 Å². The zero-order chi connectivity index (χ0) is 62.6. The normalized spacial score (nSPS) is 38.0. The molecule has 0 aromatic carbocycles. The molecule has 6 heterocycles. The van der Waals surface area contributed by atoms with Crippen molar-refractivity contribution in [3.05, 3.63) is 12.7 Å². The van der Waals surface area contributed by atoms with Gasteiger partial charge in [-0.2, -0.15) is 0 Å². The second-order valence-corrected chi connectivity index (χ2v) is 20.3. The fourth-order valence-corrected chi connectivity index (χ4v) is 10.6. The van der Waals surface area contributed by atoms with E-state index in [1.54, 1.807) is 105 Å². The summed E-state index contributed by atoms with van der Waals surface area (Å²) >= 11 is 0. The van der Waals surface area contributed by atoms with Crippen LogP contribution < -0.4 is 5.73 Å². The summed E-state index contributed by atoms with van der Waals surface area (Å²) in [5.74, 6) is 0. The van der Waals surface area contributed by atoms with Crippen molar-refractivity contribution in [2.24, 2.45) is 5.73 Å². The SMILES string of the molecule is C=CCO[C@H]1C(OC)[C@@H](COC)O[C@H]1C.COCCO[C@H]1C(OC)[C@@H](COC)O[C@H]1C.COC[C@H]1O[C@@H](C)[C@@H](F)C1OC.COC[C@H]1O[C@@H](C)[C@@H](OC)C1OC.COC[C@H]1O[C@@H](C)[C@@H](OCCN)C1OC.COC[C@H]1O[C@@H](C)[C@H](F)C1OC. The van der Waals surface area contributed by atoms with Crippen molar-refractivity contribution < 1.29 is 118 Å². The van der Waals surface area contributed by atoms with Crippen LogP contribution in [0.25, 0.3) is 0 Å². The second-order valence-electron chi connectivity index (χ2n) is 20.3. The van der Waals surface area contributed by atoms with Gasteiger partial charge in [0.05, 0.1) is 103 Å². The van der Waals surface area contributed by atoms with E-state index in [0.717, 1.165) is 0 Å². The molecule has 6 fully saturated rings. The van der Waals surface area contributed by atoms with Gasteiger partial charge in [-0.3, -0.25) is 0 Å². The lowest BCUT2D eigenvalue weighted by atomic mass is 10.1. The summed E-state index contributed by atoms with van der Waals surface area (Å²) in [7, 11) is 22.7. The van der Waals surface area contributed by atoms with E-state index in [0.29, 0.717) is 72.6 Å². The predicted octanol–water partition coefficient (Wildman–Crippen LogP) is 3.25. The van der Waals surface area contributed by atoms with E-state index < -0.39 is 36.8 Å². The standard InChI is InChI=1S/C11H22O5.C11H20O4.C10H21NO4.C9H18O4.2C8H15FO3/c1-8-10(15-6-5-12-2)11(14-4)9(16-8)7-13-3;1-5-6-14-10-8(2)15-9(7-12-3)11(10)13-4;1-7-9(14-5-4-11)10(13-3)8(15-7)6-12-2;1-6-8(11-3)9(12-4)7(13-6)5-10-2;2*1-5-7(9)8(11-3)6(12-5)4-10-2/h8-11H,5-7H2,1-4H3;5,8-11H,1,6-7H2,2-4H3;7-10H,4-6,11H2,1-3H3;6-9H,5H2,1-4H3;2*5-8H,4H2,1-3H3/t2*8-,9+,10+,11?;7-,8+,9+,10?;6-,7+,8+,9?;5-,6+,7+,8?;5-,6+,7-,8?/m000000/s1. The van der Waals surface area contributed by atoms with E-state index in [9.17, 15) is 8.78 Å². The van der Waals surface area contributed by atoms with Crippen LogP contribution in [0.1, 0.15) is 41.5 Å². The number of halogens is 2. The first-order valence-corrected chi connectivity index (χ1v) is 28.4. The third-order valence-electron chi connectivity index (χ3n) is 14.5. The van der Waals surface area contributed by atoms with E-state index in [1.807, 2.05) is 27.7 Å². The zero-order valence-electron chi connectivity index (χ0n) is 53.6. The largest absolute Gasteiger partial charge is 0.382 e. The Morgan fingerprint density at radius 1 is 0.325 bits per heavy atom. The van der Waals surface area contributed by atoms with Crippen LogP contribution in [0.2, 0.25) is 0 Å². The van der Waals surface area contributed by atoms with Crippen molar-refractivity contribution in [3.63, 3.8) is 0 Å². The quantitative estimate of drug-likeness (QED) is 0.0836. The van der Waals surface area contributed by atoms with Crippen molar-refractivity contribution in [1.29, 1.82) is 0 Å². The number of hydrogen-bond acceptors (Lipinski definition) is 24. The molecule has 26 heteroatoms. The summed E-state index contributed by atoms with van der Waals surface area (Å²) in [6.07, 6.45) is -3.15. The minimum absolute atomic E-state index is 0.00477. The minimum atomic E-state index is -1.05. The Hall–Kier alpha value is -1.36. The number of rotatable bonds is 29. The molecule has 496 valence electrons. The number of alkyl halides is 2. The topological polar surface area (TPSA) is 238 Å². The van der Waals surface area contributed by atoms with Gasteiger partial charge < -0.3 is 115 Å². The minimum Gasteiger partial charge on any atom is -0.382 e. The summed E-state index contributed by atoms with van der Waals surface area (Å²) < 4.78 is 149. The highest BCUT2D eigenvalue weighted by atomic mass is 19.1. The van der Waals surface area contributed by atoms with Gasteiger partial charge in [0.15, 0.2) is 12.3 Å². The number of nitrogens with two attached hydrogens (primary N) is 1. The lowest BCUT2D eigenvalue weighted by Gasteiger charge is -2.22. The monoisotopic (exact) mass is 1220 g/mol. The summed E-state index contributed by atoms with van der Waals surface area (Å²) in [4.78, 5) is 0. The Kier molecular flexibility index (Phi) is 44.0. The van der Waals surface area contributed by atoms with Gasteiger partial charge in [0.2, 0.25) is 0 Å². The van der Waals surface area contributed by atoms with Crippen LogP contribution in [-0.2, 0) is 109 Å². The maximum Gasteiger partial charge on any atom is 0.154 e. The zero-order valence-corrected chi connectivity index (χ0v) is 53.6. The smallest absolute Gasteiger partial charge is 0.154 e. The molecule has 83 heavy (non-hydrogen) atoms. The van der Waals surface area contributed by atoms with Gasteiger partial charge >= 0.3 is 0 Å². The van der Waals surface area contributed by atoms with Crippen molar-refractivity contribution in [2.45, 2.75) is 188 Å². The van der Waals surface area contributed by atoms with Gasteiger partial charge in [-0.25, -0.2) is 8.78 Å². The molecular formula is C57H111F2NO23. The van der Waals surface area contributed by atoms with Crippen molar-refractivity contribution in [3.8, 4) is 0 Å². The Morgan fingerprint density at radius 2 is 0.578 bits per heavy atom. The van der Waals surface area contributed by atoms with Gasteiger partial charge in [0.1, 0.15) is 97.7 Å². The van der Waals surface area contributed by atoms with Crippen LogP contribution in [0.5, 0.6) is 0 Å². The predicted molar refractivity (Wildman–Crippen MR) is 303 cm³/mol. The highest BCUT2D eigenvalue weighted by molar-refractivity contribution is 4.95. The molecule has 24 atom stereocenters. The van der Waals surface area contributed by atoms with Crippen LogP contribution in [0.4, 0.5) is 8.78 Å². The molecule has 6 saturated heterocycles. The van der Waals surface area contributed by atoms with Gasteiger partial charge in [-0.15, -0.1) is 6.58 Å². The molecule has 2 N–H and O–H groups in total. The molecule has 0 saturated carbocycles. The Labute approximate surface area is 495 Å². The first-order chi connectivity index (χ1) is 39.9. The Bertz CT molecular complexity index is 1530. The van der Waals surface area contributed by atoms with Crippen molar-refractivity contribution in [1.82, 2.24) is 0 Å². The maximum absolute atomic E-state index is 13.2. The van der Waals surface area contributed by atoms with E-state index in [-0.39, 0.29) is 110 Å². The molecule has 0 amide bonds. The molecule has 0 aromatic rings. The Balaban J connectivity index is 0.000000500.